The highest BCUT2D eigenvalue weighted by molar-refractivity contribution is 5.76. The van der Waals surface area contributed by atoms with Crippen molar-refractivity contribution in [3.8, 4) is 0 Å². The number of rotatable bonds is 11. The van der Waals surface area contributed by atoms with Crippen LogP contribution in [0.15, 0.2) is 0 Å². The van der Waals surface area contributed by atoms with E-state index in [-0.39, 0.29) is 28.7 Å². The second kappa shape index (κ2) is 9.90. The maximum atomic E-state index is 12.5. The van der Waals surface area contributed by atoms with Crippen LogP contribution >= 0.6 is 0 Å². The fraction of sp³-hybridized carbons (Fsp3) is 0.957. The van der Waals surface area contributed by atoms with Gasteiger partial charge in [0.2, 0.25) is 0 Å². The summed E-state index contributed by atoms with van der Waals surface area (Å²) in [5, 5.41) is 0. The van der Waals surface area contributed by atoms with Gasteiger partial charge in [-0.1, -0.05) is 41.5 Å². The maximum Gasteiger partial charge on any atom is 0.311 e. The predicted molar refractivity (Wildman–Crippen MR) is 112 cm³/mol. The molecule has 0 aromatic carbocycles. The fourth-order valence-electron chi connectivity index (χ4n) is 2.92. The van der Waals surface area contributed by atoms with Gasteiger partial charge in [0, 0.05) is 5.41 Å². The third-order valence-corrected chi connectivity index (χ3v) is 6.72. The number of esters is 1. The standard InChI is InChI=1S/C23H44O5/c1-10-21(7,8)28-14-20(5,6)19-26-16-23(13-4,17-27-19)15-25-18(24)22(9,11-2)12-3/h19H,10-17H2,1-9H3. The Morgan fingerprint density at radius 2 is 1.50 bits per heavy atom. The summed E-state index contributed by atoms with van der Waals surface area (Å²) in [5.41, 5.74) is -1.11. The molecule has 1 aliphatic heterocycles. The van der Waals surface area contributed by atoms with Crippen LogP contribution in [0.2, 0.25) is 0 Å². The lowest BCUT2D eigenvalue weighted by atomic mass is 9.83. The van der Waals surface area contributed by atoms with Crippen molar-refractivity contribution < 1.29 is 23.7 Å². The van der Waals surface area contributed by atoms with E-state index in [2.05, 4.69) is 41.5 Å². The zero-order chi connectivity index (χ0) is 21.6. The van der Waals surface area contributed by atoms with E-state index in [0.717, 1.165) is 25.7 Å². The Balaban J connectivity index is 2.64. The molecule has 1 fully saturated rings. The second-order valence-corrected chi connectivity index (χ2v) is 10.0. The Hall–Kier alpha value is -0.650. The molecule has 0 aliphatic carbocycles. The third-order valence-electron chi connectivity index (χ3n) is 6.72. The normalized spacial score (nSPS) is 24.2. The van der Waals surface area contributed by atoms with E-state index >= 15 is 0 Å². The molecule has 28 heavy (non-hydrogen) atoms. The second-order valence-electron chi connectivity index (χ2n) is 10.0. The van der Waals surface area contributed by atoms with Crippen molar-refractivity contribution in [1.29, 1.82) is 0 Å². The molecule has 0 aromatic rings. The summed E-state index contributed by atoms with van der Waals surface area (Å²) in [6.07, 6.45) is 3.01. The summed E-state index contributed by atoms with van der Waals surface area (Å²) in [6.45, 7) is 20.6. The van der Waals surface area contributed by atoms with E-state index in [4.69, 9.17) is 18.9 Å². The van der Waals surface area contributed by atoms with Gasteiger partial charge in [0.05, 0.1) is 36.3 Å². The van der Waals surface area contributed by atoms with E-state index < -0.39 is 5.41 Å². The summed E-state index contributed by atoms with van der Waals surface area (Å²) in [5.74, 6) is -0.122. The van der Waals surface area contributed by atoms with Crippen molar-refractivity contribution in [2.24, 2.45) is 16.2 Å². The molecule has 0 bridgehead atoms. The van der Waals surface area contributed by atoms with Crippen LogP contribution in [-0.4, -0.2) is 44.3 Å². The van der Waals surface area contributed by atoms with Gasteiger partial charge in [0.25, 0.3) is 0 Å². The topological polar surface area (TPSA) is 54.0 Å². The Labute approximate surface area is 172 Å². The molecule has 0 saturated carbocycles. The molecule has 5 nitrogen and oxygen atoms in total. The Bertz CT molecular complexity index is 485. The average Bonchev–Trinajstić information content (AvgIpc) is 2.70. The number of hydrogen-bond acceptors (Lipinski definition) is 5. The van der Waals surface area contributed by atoms with Crippen LogP contribution in [0.1, 0.15) is 88.0 Å². The van der Waals surface area contributed by atoms with Crippen LogP contribution < -0.4 is 0 Å². The van der Waals surface area contributed by atoms with Gasteiger partial charge in [-0.25, -0.2) is 0 Å². The first-order valence-corrected chi connectivity index (χ1v) is 10.9. The molecule has 5 heteroatoms. The van der Waals surface area contributed by atoms with E-state index in [1.807, 2.05) is 20.8 Å². The fourth-order valence-corrected chi connectivity index (χ4v) is 2.92. The number of carbonyl (C=O) groups excluding carboxylic acids is 1. The van der Waals surface area contributed by atoms with E-state index in [0.29, 0.717) is 26.4 Å². The first-order valence-electron chi connectivity index (χ1n) is 10.9. The van der Waals surface area contributed by atoms with Gasteiger partial charge in [0.15, 0.2) is 6.29 Å². The van der Waals surface area contributed by atoms with Crippen molar-refractivity contribution in [3.63, 3.8) is 0 Å². The molecule has 0 spiro atoms. The molecule has 0 aromatic heterocycles. The lowest BCUT2D eigenvalue weighted by Crippen LogP contribution is -2.51. The molecule has 0 unspecified atom stereocenters. The van der Waals surface area contributed by atoms with Crippen molar-refractivity contribution in [1.82, 2.24) is 0 Å². The van der Waals surface area contributed by atoms with Gasteiger partial charge in [-0.3, -0.25) is 4.79 Å². The van der Waals surface area contributed by atoms with E-state index in [9.17, 15) is 4.79 Å². The highest BCUT2D eigenvalue weighted by Crippen LogP contribution is 2.37. The van der Waals surface area contributed by atoms with Crippen molar-refractivity contribution in [2.75, 3.05) is 26.4 Å². The zero-order valence-corrected chi connectivity index (χ0v) is 19.8. The molecular weight excluding hydrogens is 356 g/mol. The van der Waals surface area contributed by atoms with Gasteiger partial charge < -0.3 is 18.9 Å². The van der Waals surface area contributed by atoms with Crippen LogP contribution in [0, 0.1) is 16.2 Å². The molecule has 0 atom stereocenters. The predicted octanol–water partition coefficient (Wildman–Crippen LogP) is 5.36. The number of hydrogen-bond donors (Lipinski definition) is 0. The molecule has 1 aliphatic rings. The Morgan fingerprint density at radius 1 is 0.964 bits per heavy atom. The van der Waals surface area contributed by atoms with Gasteiger partial charge in [-0.05, 0) is 46.5 Å². The minimum absolute atomic E-state index is 0.122. The van der Waals surface area contributed by atoms with Crippen LogP contribution in [0.25, 0.3) is 0 Å². The van der Waals surface area contributed by atoms with Crippen LogP contribution in [0.5, 0.6) is 0 Å². The van der Waals surface area contributed by atoms with Crippen molar-refractivity contribution in [3.05, 3.63) is 0 Å². The van der Waals surface area contributed by atoms with Crippen LogP contribution in [-0.2, 0) is 23.7 Å². The molecule has 0 amide bonds. The van der Waals surface area contributed by atoms with Crippen molar-refractivity contribution >= 4 is 5.97 Å². The molecule has 1 heterocycles. The summed E-state index contributed by atoms with van der Waals surface area (Å²) < 4.78 is 24.1. The Morgan fingerprint density at radius 3 is 1.93 bits per heavy atom. The van der Waals surface area contributed by atoms with Gasteiger partial charge in [-0.15, -0.1) is 0 Å². The third kappa shape index (κ3) is 6.43. The monoisotopic (exact) mass is 400 g/mol. The lowest BCUT2D eigenvalue weighted by Gasteiger charge is -2.44. The van der Waals surface area contributed by atoms with Crippen molar-refractivity contribution in [2.45, 2.75) is 99.9 Å². The smallest absolute Gasteiger partial charge is 0.311 e. The summed E-state index contributed by atoms with van der Waals surface area (Å²) in [7, 11) is 0. The molecule has 0 N–H and O–H groups in total. The largest absolute Gasteiger partial charge is 0.464 e. The van der Waals surface area contributed by atoms with Gasteiger partial charge in [0.1, 0.15) is 6.61 Å². The molecule has 1 saturated heterocycles. The zero-order valence-electron chi connectivity index (χ0n) is 19.8. The number of ether oxygens (including phenoxy) is 4. The van der Waals surface area contributed by atoms with Crippen LogP contribution in [0.3, 0.4) is 0 Å². The first-order chi connectivity index (χ1) is 12.9. The van der Waals surface area contributed by atoms with Gasteiger partial charge in [-0.2, -0.15) is 0 Å². The number of carbonyl (C=O) groups is 1. The summed E-state index contributed by atoms with van der Waals surface area (Å²) in [4.78, 5) is 12.5. The molecule has 166 valence electrons. The summed E-state index contributed by atoms with van der Waals surface area (Å²) >= 11 is 0. The minimum atomic E-state index is -0.417. The highest BCUT2D eigenvalue weighted by Gasteiger charge is 2.43. The summed E-state index contributed by atoms with van der Waals surface area (Å²) in [6, 6.07) is 0. The Kier molecular flexibility index (Phi) is 8.98. The maximum absolute atomic E-state index is 12.5. The van der Waals surface area contributed by atoms with E-state index in [1.165, 1.54) is 0 Å². The van der Waals surface area contributed by atoms with Crippen LogP contribution in [0.4, 0.5) is 0 Å². The minimum Gasteiger partial charge on any atom is -0.464 e. The first kappa shape index (κ1) is 25.4. The average molecular weight is 401 g/mol. The SMILES string of the molecule is CCC1(COC(=O)C(C)(CC)CC)COC(C(C)(C)COC(C)(C)CC)OC1. The quantitative estimate of drug-likeness (QED) is 0.437. The van der Waals surface area contributed by atoms with E-state index in [1.54, 1.807) is 0 Å². The highest BCUT2D eigenvalue weighted by atomic mass is 16.7. The lowest BCUT2D eigenvalue weighted by molar-refractivity contribution is -0.285. The molecule has 0 radical (unpaired) electrons. The molecular formula is C23H44O5. The molecule has 1 rings (SSSR count). The van der Waals surface area contributed by atoms with Gasteiger partial charge >= 0.3 is 5.97 Å².